The summed E-state index contributed by atoms with van der Waals surface area (Å²) in [5.41, 5.74) is 0. The molecule has 0 heterocycles. The molecule has 1 saturated carbocycles. The Hall–Kier alpha value is -1.06. The normalized spacial score (nSPS) is 17.8. The number of hydrogen-bond donors (Lipinski definition) is 1. The molecule has 1 atom stereocenters. The molecule has 0 aromatic rings. The van der Waals surface area contributed by atoms with E-state index in [1.165, 1.54) is 6.42 Å². The van der Waals surface area contributed by atoms with Crippen molar-refractivity contribution in [2.45, 2.75) is 83.8 Å². The molecular weight excluding hydrogens is 242 g/mol. The van der Waals surface area contributed by atoms with Crippen LogP contribution in [0.2, 0.25) is 0 Å². The van der Waals surface area contributed by atoms with Gasteiger partial charge in [0.15, 0.2) is 0 Å². The maximum Gasteiger partial charge on any atom is 0.328 e. The van der Waals surface area contributed by atoms with Crippen molar-refractivity contribution in [3.8, 4) is 0 Å². The fraction of sp³-hybridized carbons (Fsp3) is 0.867. The van der Waals surface area contributed by atoms with Gasteiger partial charge < -0.3 is 10.1 Å². The summed E-state index contributed by atoms with van der Waals surface area (Å²) in [6.45, 7) is 3.94. The third-order valence-corrected chi connectivity index (χ3v) is 3.62. The van der Waals surface area contributed by atoms with Crippen LogP contribution in [0.1, 0.15) is 71.6 Å². The molecule has 4 nitrogen and oxygen atoms in total. The molecule has 4 heteroatoms. The first-order valence-electron chi connectivity index (χ1n) is 7.67. The summed E-state index contributed by atoms with van der Waals surface area (Å²) in [7, 11) is 0. The quantitative estimate of drug-likeness (QED) is 0.723. The van der Waals surface area contributed by atoms with Gasteiger partial charge in [-0.05, 0) is 38.5 Å². The minimum absolute atomic E-state index is 0.0469. The number of ether oxygens (including phenoxy) is 1. The lowest BCUT2D eigenvalue weighted by Crippen LogP contribution is -2.42. The van der Waals surface area contributed by atoms with Crippen molar-refractivity contribution >= 4 is 11.9 Å². The summed E-state index contributed by atoms with van der Waals surface area (Å²) in [4.78, 5) is 23.7. The van der Waals surface area contributed by atoms with Crippen LogP contribution in [-0.2, 0) is 14.3 Å². The van der Waals surface area contributed by atoms with E-state index in [1.54, 1.807) is 0 Å². The van der Waals surface area contributed by atoms with E-state index in [4.69, 9.17) is 4.74 Å². The smallest absolute Gasteiger partial charge is 0.328 e. The molecule has 1 N–H and O–H groups in total. The van der Waals surface area contributed by atoms with Crippen molar-refractivity contribution in [1.29, 1.82) is 0 Å². The minimum Gasteiger partial charge on any atom is -0.461 e. The van der Waals surface area contributed by atoms with Gasteiger partial charge in [0.05, 0.1) is 0 Å². The molecule has 0 aromatic heterocycles. The van der Waals surface area contributed by atoms with Gasteiger partial charge >= 0.3 is 5.97 Å². The summed E-state index contributed by atoms with van der Waals surface area (Å²) in [6.07, 6.45) is 8.42. The molecule has 0 spiro atoms. The Bertz CT molecular complexity index is 285. The molecule has 19 heavy (non-hydrogen) atoms. The highest BCUT2D eigenvalue weighted by Crippen LogP contribution is 2.20. The zero-order valence-corrected chi connectivity index (χ0v) is 12.2. The van der Waals surface area contributed by atoms with Crippen molar-refractivity contribution in [1.82, 2.24) is 5.32 Å². The first-order chi connectivity index (χ1) is 9.17. The van der Waals surface area contributed by atoms with Crippen molar-refractivity contribution in [2.24, 2.45) is 0 Å². The molecule has 0 bridgehead atoms. The second kappa shape index (κ2) is 8.94. The summed E-state index contributed by atoms with van der Waals surface area (Å²) >= 11 is 0. The summed E-state index contributed by atoms with van der Waals surface area (Å²) in [5.74, 6) is -0.312. The predicted octanol–water partition coefficient (Wildman–Crippen LogP) is 2.95. The van der Waals surface area contributed by atoms with Gasteiger partial charge in [0.25, 0.3) is 0 Å². The van der Waals surface area contributed by atoms with Crippen LogP contribution in [0.5, 0.6) is 0 Å². The number of amides is 1. The van der Waals surface area contributed by atoms with E-state index in [-0.39, 0.29) is 18.0 Å². The van der Waals surface area contributed by atoms with Crippen LogP contribution in [0.15, 0.2) is 0 Å². The van der Waals surface area contributed by atoms with E-state index >= 15 is 0 Å². The third kappa shape index (κ3) is 6.08. The Morgan fingerprint density at radius 1 is 1.21 bits per heavy atom. The maximum absolute atomic E-state index is 12.0. The number of carbonyl (C=O) groups excluding carboxylic acids is 2. The summed E-state index contributed by atoms with van der Waals surface area (Å²) < 4.78 is 5.50. The number of carbonyl (C=O) groups is 2. The van der Waals surface area contributed by atoms with Crippen LogP contribution in [0, 0.1) is 0 Å². The fourth-order valence-electron chi connectivity index (χ4n) is 2.36. The van der Waals surface area contributed by atoms with Crippen molar-refractivity contribution in [3.05, 3.63) is 0 Å². The van der Waals surface area contributed by atoms with E-state index in [1.807, 2.05) is 13.8 Å². The fourth-order valence-corrected chi connectivity index (χ4v) is 2.36. The Morgan fingerprint density at radius 3 is 2.47 bits per heavy atom. The summed E-state index contributed by atoms with van der Waals surface area (Å²) in [6, 6.07) is -0.480. The molecule has 1 unspecified atom stereocenters. The van der Waals surface area contributed by atoms with E-state index in [0.29, 0.717) is 12.8 Å². The van der Waals surface area contributed by atoms with Crippen LogP contribution >= 0.6 is 0 Å². The standard InChI is InChI=1S/C15H27NO3/c1-3-5-11-14(17)16-13(4-2)15(18)19-12-9-7-6-8-10-12/h12-13H,3-11H2,1-2H3,(H,16,17). The number of rotatable bonds is 7. The highest BCUT2D eigenvalue weighted by atomic mass is 16.5. The minimum atomic E-state index is -0.480. The molecule has 110 valence electrons. The molecule has 0 aliphatic heterocycles. The van der Waals surface area contributed by atoms with Crippen LogP contribution in [0.4, 0.5) is 0 Å². The van der Waals surface area contributed by atoms with Gasteiger partial charge in [0.2, 0.25) is 5.91 Å². The lowest BCUT2D eigenvalue weighted by atomic mass is 9.98. The average Bonchev–Trinajstić information content (AvgIpc) is 2.43. The van der Waals surface area contributed by atoms with Gasteiger partial charge in [0, 0.05) is 6.42 Å². The number of unbranched alkanes of at least 4 members (excludes halogenated alkanes) is 1. The van der Waals surface area contributed by atoms with Gasteiger partial charge in [0.1, 0.15) is 12.1 Å². The first-order valence-corrected chi connectivity index (χ1v) is 7.67. The number of nitrogens with one attached hydrogen (secondary N) is 1. The van der Waals surface area contributed by atoms with Crippen LogP contribution < -0.4 is 5.32 Å². The first kappa shape index (κ1) is 16.0. The molecule has 0 radical (unpaired) electrons. The second-order valence-electron chi connectivity index (χ2n) is 5.33. The van der Waals surface area contributed by atoms with Gasteiger partial charge in [-0.25, -0.2) is 4.79 Å². The molecule has 1 aliphatic rings. The molecule has 1 rings (SSSR count). The topological polar surface area (TPSA) is 55.4 Å². The Balaban J connectivity index is 2.35. The third-order valence-electron chi connectivity index (χ3n) is 3.62. The van der Waals surface area contributed by atoms with E-state index in [9.17, 15) is 9.59 Å². The number of hydrogen-bond acceptors (Lipinski definition) is 3. The largest absolute Gasteiger partial charge is 0.461 e. The van der Waals surface area contributed by atoms with Gasteiger partial charge in [-0.1, -0.05) is 26.7 Å². The monoisotopic (exact) mass is 269 g/mol. The average molecular weight is 269 g/mol. The lowest BCUT2D eigenvalue weighted by Gasteiger charge is -2.24. The van der Waals surface area contributed by atoms with Gasteiger partial charge in [-0.15, -0.1) is 0 Å². The van der Waals surface area contributed by atoms with Crippen molar-refractivity contribution < 1.29 is 14.3 Å². The lowest BCUT2D eigenvalue weighted by molar-refractivity contribution is -0.154. The van der Waals surface area contributed by atoms with Crippen molar-refractivity contribution in [2.75, 3.05) is 0 Å². The zero-order chi connectivity index (χ0) is 14.1. The van der Waals surface area contributed by atoms with E-state index < -0.39 is 6.04 Å². The molecule has 1 fully saturated rings. The molecule has 0 saturated heterocycles. The van der Waals surface area contributed by atoms with Crippen LogP contribution in [-0.4, -0.2) is 24.0 Å². The second-order valence-corrected chi connectivity index (χ2v) is 5.33. The number of esters is 1. The Labute approximate surface area is 116 Å². The zero-order valence-electron chi connectivity index (χ0n) is 12.2. The SMILES string of the molecule is CCCCC(=O)NC(CC)C(=O)OC1CCCCC1. The van der Waals surface area contributed by atoms with E-state index in [2.05, 4.69) is 5.32 Å². The maximum atomic E-state index is 12.0. The van der Waals surface area contributed by atoms with Crippen LogP contribution in [0.3, 0.4) is 0 Å². The molecule has 1 amide bonds. The van der Waals surface area contributed by atoms with Gasteiger partial charge in [-0.2, -0.15) is 0 Å². The molecule has 0 aromatic carbocycles. The Kier molecular flexibility index (Phi) is 7.53. The van der Waals surface area contributed by atoms with Gasteiger partial charge in [-0.3, -0.25) is 4.79 Å². The molecular formula is C15H27NO3. The van der Waals surface area contributed by atoms with Crippen LogP contribution in [0.25, 0.3) is 0 Å². The summed E-state index contributed by atoms with van der Waals surface area (Å²) in [5, 5.41) is 2.78. The van der Waals surface area contributed by atoms with Crippen molar-refractivity contribution in [3.63, 3.8) is 0 Å². The molecule has 1 aliphatic carbocycles. The highest BCUT2D eigenvalue weighted by molar-refractivity contribution is 5.84. The predicted molar refractivity (Wildman–Crippen MR) is 74.7 cm³/mol. The highest BCUT2D eigenvalue weighted by Gasteiger charge is 2.24. The Morgan fingerprint density at radius 2 is 1.89 bits per heavy atom. The van der Waals surface area contributed by atoms with E-state index in [0.717, 1.165) is 38.5 Å².